The number of rotatable bonds is 5. The molecule has 0 aliphatic heterocycles. The van der Waals surface area contributed by atoms with E-state index in [2.05, 4.69) is 15.4 Å². The second-order valence-electron chi connectivity index (χ2n) is 6.62. The number of carbonyl (C=O) groups is 1. The van der Waals surface area contributed by atoms with Crippen LogP contribution in [-0.4, -0.2) is 20.7 Å². The lowest BCUT2D eigenvalue weighted by molar-refractivity contribution is -0.116. The first-order valence-electron chi connectivity index (χ1n) is 8.94. The third-order valence-electron chi connectivity index (χ3n) is 4.47. The van der Waals surface area contributed by atoms with Crippen molar-refractivity contribution in [1.29, 1.82) is 0 Å². The fourth-order valence-electron chi connectivity index (χ4n) is 2.98. The summed E-state index contributed by atoms with van der Waals surface area (Å²) in [6, 6.07) is 13.1. The third-order valence-corrected chi connectivity index (χ3v) is 5.79. The van der Waals surface area contributed by atoms with Crippen molar-refractivity contribution in [3.8, 4) is 0 Å². The molecule has 0 saturated heterocycles. The van der Waals surface area contributed by atoms with Gasteiger partial charge in [0.05, 0.1) is 11.7 Å². The first kappa shape index (κ1) is 19.3. The first-order valence-corrected chi connectivity index (χ1v) is 10.1. The van der Waals surface area contributed by atoms with Crippen LogP contribution in [0.3, 0.4) is 0 Å². The Morgan fingerprint density at radius 1 is 1.21 bits per heavy atom. The number of amides is 1. The summed E-state index contributed by atoms with van der Waals surface area (Å²) in [6.45, 7) is 1.95. The highest BCUT2D eigenvalue weighted by atomic mass is 35.5. The number of thiazole rings is 1. The lowest BCUT2D eigenvalue weighted by atomic mass is 10.1. The van der Waals surface area contributed by atoms with Crippen molar-refractivity contribution in [2.75, 3.05) is 5.32 Å². The van der Waals surface area contributed by atoms with Gasteiger partial charge < -0.3 is 5.32 Å². The van der Waals surface area contributed by atoms with Gasteiger partial charge in [-0.2, -0.15) is 5.10 Å². The van der Waals surface area contributed by atoms with Crippen LogP contribution in [0.1, 0.15) is 16.0 Å². The lowest BCUT2D eigenvalue weighted by Gasteiger charge is -2.08. The van der Waals surface area contributed by atoms with Crippen LogP contribution in [0.15, 0.2) is 59.7 Å². The molecule has 0 unspecified atom stereocenters. The van der Waals surface area contributed by atoms with E-state index >= 15 is 0 Å². The number of fused-ring (bicyclic) bond motifs is 1. The van der Waals surface area contributed by atoms with Crippen LogP contribution in [-0.2, 0) is 17.8 Å². The molecule has 0 saturated carbocycles. The average Bonchev–Trinajstić information content (AvgIpc) is 3.14. The Bertz CT molecular complexity index is 1270. The van der Waals surface area contributed by atoms with Crippen LogP contribution in [0.4, 0.5) is 5.13 Å². The number of nitrogens with one attached hydrogen (secondary N) is 1. The van der Waals surface area contributed by atoms with E-state index in [1.807, 2.05) is 31.2 Å². The van der Waals surface area contributed by atoms with Gasteiger partial charge in [0.15, 0.2) is 5.13 Å². The van der Waals surface area contributed by atoms with Gasteiger partial charge in [0.1, 0.15) is 6.54 Å². The van der Waals surface area contributed by atoms with Gasteiger partial charge in [0.2, 0.25) is 11.3 Å². The average molecular weight is 425 g/mol. The molecule has 0 aliphatic carbocycles. The highest BCUT2D eigenvalue weighted by molar-refractivity contribution is 7.15. The summed E-state index contributed by atoms with van der Waals surface area (Å²) >= 11 is 7.60. The Kier molecular flexibility index (Phi) is 5.42. The van der Waals surface area contributed by atoms with Gasteiger partial charge >= 0.3 is 0 Å². The van der Waals surface area contributed by atoms with Gasteiger partial charge in [-0.25, -0.2) is 4.98 Å². The molecule has 4 rings (SSSR count). The van der Waals surface area contributed by atoms with Crippen LogP contribution in [0, 0.1) is 6.92 Å². The Morgan fingerprint density at radius 3 is 2.86 bits per heavy atom. The van der Waals surface area contributed by atoms with E-state index in [0.717, 1.165) is 21.0 Å². The molecule has 0 atom stereocenters. The summed E-state index contributed by atoms with van der Waals surface area (Å²) in [6.07, 6.45) is 3.67. The van der Waals surface area contributed by atoms with Crippen LogP contribution >= 0.6 is 22.9 Å². The molecule has 2 aromatic carbocycles. The van der Waals surface area contributed by atoms with Crippen LogP contribution in [0.5, 0.6) is 0 Å². The Balaban J connectivity index is 1.45. The second kappa shape index (κ2) is 8.14. The maximum atomic E-state index is 12.5. The summed E-state index contributed by atoms with van der Waals surface area (Å²) in [7, 11) is 0. The van der Waals surface area contributed by atoms with E-state index in [1.165, 1.54) is 22.2 Å². The van der Waals surface area contributed by atoms with E-state index < -0.39 is 0 Å². The molecule has 4 aromatic rings. The fourth-order valence-corrected chi connectivity index (χ4v) is 4.04. The number of hydrogen-bond donors (Lipinski definition) is 1. The van der Waals surface area contributed by atoms with Gasteiger partial charge in [0.25, 0.3) is 0 Å². The number of carbonyl (C=O) groups excluding carboxylic acids is 1. The van der Waals surface area contributed by atoms with Crippen LogP contribution in [0.25, 0.3) is 10.9 Å². The molecule has 0 aliphatic rings. The number of anilines is 1. The molecule has 8 heteroatoms. The molecular weight excluding hydrogens is 408 g/mol. The molecule has 2 aromatic heterocycles. The largest absolute Gasteiger partial charge is 0.300 e. The molecule has 2 heterocycles. The summed E-state index contributed by atoms with van der Waals surface area (Å²) in [5.41, 5.74) is 2.58. The van der Waals surface area contributed by atoms with E-state index in [0.29, 0.717) is 22.5 Å². The number of nitrogens with zero attached hydrogens (tertiary/aromatic N) is 3. The standard InChI is InChI=1S/C21H17ClN4O2S/c1-13-6-7-14(9-17(13)22)8-15-10-23-21(29-15)25-20(28)12-26-18-5-3-2-4-16(18)19(27)11-24-26/h2-7,9-11H,8,12H2,1H3,(H,23,25,28). The number of para-hydroxylation sites is 1. The maximum absolute atomic E-state index is 12.5. The van der Waals surface area contributed by atoms with Crippen molar-refractivity contribution in [1.82, 2.24) is 14.8 Å². The van der Waals surface area contributed by atoms with E-state index in [9.17, 15) is 9.59 Å². The first-order chi connectivity index (χ1) is 14.0. The zero-order valence-electron chi connectivity index (χ0n) is 15.6. The van der Waals surface area contributed by atoms with Gasteiger partial charge in [-0.05, 0) is 36.2 Å². The summed E-state index contributed by atoms with van der Waals surface area (Å²) < 4.78 is 1.51. The molecule has 0 radical (unpaired) electrons. The minimum atomic E-state index is -0.259. The predicted octanol–water partition coefficient (Wildman–Crippen LogP) is 4.04. The van der Waals surface area contributed by atoms with Gasteiger partial charge in [-0.15, -0.1) is 11.3 Å². The van der Waals surface area contributed by atoms with E-state index in [1.54, 1.807) is 24.4 Å². The van der Waals surface area contributed by atoms with Crippen molar-refractivity contribution >= 4 is 44.9 Å². The van der Waals surface area contributed by atoms with Crippen molar-refractivity contribution in [3.63, 3.8) is 0 Å². The second-order valence-corrected chi connectivity index (χ2v) is 8.15. The number of aromatic nitrogens is 3. The summed E-state index contributed by atoms with van der Waals surface area (Å²) in [5.74, 6) is -0.259. The SMILES string of the molecule is Cc1ccc(Cc2cnc(NC(=O)Cn3ncc(=O)c4ccccc43)s2)cc1Cl. The molecule has 0 bridgehead atoms. The smallest absolute Gasteiger partial charge is 0.247 e. The maximum Gasteiger partial charge on any atom is 0.247 e. The minimum Gasteiger partial charge on any atom is -0.300 e. The minimum absolute atomic E-state index is 0.0106. The lowest BCUT2D eigenvalue weighted by Crippen LogP contribution is -2.22. The molecular formula is C21H17ClN4O2S. The van der Waals surface area contributed by atoms with Gasteiger partial charge in [0, 0.05) is 27.9 Å². The number of benzene rings is 2. The highest BCUT2D eigenvalue weighted by Gasteiger charge is 2.11. The monoisotopic (exact) mass is 424 g/mol. The molecule has 6 nitrogen and oxygen atoms in total. The quantitative estimate of drug-likeness (QED) is 0.524. The van der Waals surface area contributed by atoms with Gasteiger partial charge in [-0.3, -0.25) is 14.3 Å². The van der Waals surface area contributed by atoms with E-state index in [-0.39, 0.29) is 17.9 Å². The third kappa shape index (κ3) is 4.36. The van der Waals surface area contributed by atoms with Crippen LogP contribution in [0.2, 0.25) is 5.02 Å². The number of hydrogen-bond acceptors (Lipinski definition) is 5. The molecule has 0 fully saturated rings. The molecule has 29 heavy (non-hydrogen) atoms. The van der Waals surface area contributed by atoms with E-state index in [4.69, 9.17) is 11.6 Å². The zero-order valence-corrected chi connectivity index (χ0v) is 17.1. The molecule has 0 spiro atoms. The van der Waals surface area contributed by atoms with Gasteiger partial charge in [-0.1, -0.05) is 35.9 Å². The Hall–Kier alpha value is -3.03. The fraction of sp³-hybridized carbons (Fsp3) is 0.143. The zero-order chi connectivity index (χ0) is 20.4. The topological polar surface area (TPSA) is 76.9 Å². The molecule has 1 amide bonds. The molecule has 146 valence electrons. The Labute approximate surface area is 175 Å². The summed E-state index contributed by atoms with van der Waals surface area (Å²) in [4.78, 5) is 29.7. The van der Waals surface area contributed by atoms with Crippen molar-refractivity contribution < 1.29 is 4.79 Å². The molecule has 1 N–H and O–H groups in total. The number of aryl methyl sites for hydroxylation is 1. The Morgan fingerprint density at radius 2 is 2.03 bits per heavy atom. The predicted molar refractivity (Wildman–Crippen MR) is 116 cm³/mol. The normalized spacial score (nSPS) is 11.0. The highest BCUT2D eigenvalue weighted by Crippen LogP contribution is 2.24. The summed E-state index contributed by atoms with van der Waals surface area (Å²) in [5, 5.41) is 8.67. The number of halogens is 1. The van der Waals surface area contributed by atoms with Crippen LogP contribution < -0.4 is 10.7 Å². The van der Waals surface area contributed by atoms with Crippen molar-refractivity contribution in [2.24, 2.45) is 0 Å². The van der Waals surface area contributed by atoms with Crippen molar-refractivity contribution in [2.45, 2.75) is 19.9 Å². The van der Waals surface area contributed by atoms with Crippen molar-refractivity contribution in [3.05, 3.63) is 86.1 Å².